The first kappa shape index (κ1) is 13.2. The fourth-order valence-corrected chi connectivity index (χ4v) is 3.84. The predicted molar refractivity (Wildman–Crippen MR) is 83.4 cm³/mol. The SMILES string of the molecule is Clc1ccc2sc(SCc3ccc(Cl)nc3)nc2c1. The first-order valence-corrected chi connectivity index (χ1v) is 8.06. The molecule has 3 rings (SSSR count). The molecule has 3 aromatic rings. The number of hydrogen-bond donors (Lipinski definition) is 0. The summed E-state index contributed by atoms with van der Waals surface area (Å²) in [6, 6.07) is 9.56. The molecule has 6 heteroatoms. The van der Waals surface area contributed by atoms with Gasteiger partial charge in [0.15, 0.2) is 4.34 Å². The number of aromatic nitrogens is 2. The van der Waals surface area contributed by atoms with Crippen LogP contribution in [-0.2, 0) is 5.75 Å². The summed E-state index contributed by atoms with van der Waals surface area (Å²) in [5, 5.41) is 1.24. The zero-order chi connectivity index (χ0) is 13.2. The minimum Gasteiger partial charge on any atom is -0.244 e. The number of thiazole rings is 1. The molecule has 0 N–H and O–H groups in total. The summed E-state index contributed by atoms with van der Waals surface area (Å²) < 4.78 is 2.19. The lowest BCUT2D eigenvalue weighted by Crippen LogP contribution is -1.82. The summed E-state index contributed by atoms with van der Waals surface area (Å²) in [7, 11) is 0. The second-order valence-electron chi connectivity index (χ2n) is 3.87. The van der Waals surface area contributed by atoms with Crippen LogP contribution in [0.25, 0.3) is 10.2 Å². The Morgan fingerprint density at radius 1 is 1.16 bits per heavy atom. The maximum absolute atomic E-state index is 5.95. The summed E-state index contributed by atoms with van der Waals surface area (Å²) in [4.78, 5) is 8.62. The average Bonchev–Trinajstić information content (AvgIpc) is 2.80. The highest BCUT2D eigenvalue weighted by Gasteiger charge is 2.05. The van der Waals surface area contributed by atoms with Crippen molar-refractivity contribution in [3.63, 3.8) is 0 Å². The van der Waals surface area contributed by atoms with Gasteiger partial charge in [-0.25, -0.2) is 9.97 Å². The van der Waals surface area contributed by atoms with E-state index in [4.69, 9.17) is 23.2 Å². The van der Waals surface area contributed by atoms with Crippen LogP contribution in [-0.4, -0.2) is 9.97 Å². The predicted octanol–water partition coefficient (Wildman–Crippen LogP) is 5.29. The van der Waals surface area contributed by atoms with Crippen LogP contribution in [0.1, 0.15) is 5.56 Å². The van der Waals surface area contributed by atoms with E-state index in [2.05, 4.69) is 9.97 Å². The number of halogens is 2. The lowest BCUT2D eigenvalue weighted by atomic mass is 10.3. The Morgan fingerprint density at radius 3 is 2.84 bits per heavy atom. The second-order valence-corrected chi connectivity index (χ2v) is 6.95. The summed E-state index contributed by atoms with van der Waals surface area (Å²) in [5.74, 6) is 0.831. The standard InChI is InChI=1S/C13H8Cl2N2S2/c14-9-2-3-11-10(5-9)17-13(19-11)18-7-8-1-4-12(15)16-6-8/h1-6H,7H2. The summed E-state index contributed by atoms with van der Waals surface area (Å²) in [6.45, 7) is 0. The molecule has 96 valence electrons. The van der Waals surface area contributed by atoms with Gasteiger partial charge >= 0.3 is 0 Å². The third-order valence-corrected chi connectivity index (χ3v) is 5.19. The van der Waals surface area contributed by atoms with Crippen LogP contribution in [0, 0.1) is 0 Å². The lowest BCUT2D eigenvalue weighted by molar-refractivity contribution is 1.24. The molecule has 0 aliphatic heterocycles. The molecule has 2 nitrogen and oxygen atoms in total. The number of thioether (sulfide) groups is 1. The molecule has 0 fully saturated rings. The highest BCUT2D eigenvalue weighted by atomic mass is 35.5. The van der Waals surface area contributed by atoms with E-state index in [-0.39, 0.29) is 0 Å². The average molecular weight is 327 g/mol. The van der Waals surface area contributed by atoms with Gasteiger partial charge in [0, 0.05) is 17.0 Å². The minimum absolute atomic E-state index is 0.517. The molecule has 19 heavy (non-hydrogen) atoms. The van der Waals surface area contributed by atoms with E-state index in [1.165, 1.54) is 0 Å². The second kappa shape index (κ2) is 5.67. The van der Waals surface area contributed by atoms with E-state index in [1.807, 2.05) is 24.3 Å². The molecular formula is C13H8Cl2N2S2. The molecule has 2 aromatic heterocycles. The van der Waals surface area contributed by atoms with E-state index in [9.17, 15) is 0 Å². The Bertz CT molecular complexity index is 710. The van der Waals surface area contributed by atoms with Gasteiger partial charge in [0.1, 0.15) is 5.15 Å². The van der Waals surface area contributed by atoms with Gasteiger partial charge in [0.05, 0.1) is 10.2 Å². The van der Waals surface area contributed by atoms with Crippen LogP contribution in [0.2, 0.25) is 10.2 Å². The fraction of sp³-hybridized carbons (Fsp3) is 0.0769. The smallest absolute Gasteiger partial charge is 0.151 e. The Balaban J connectivity index is 1.76. The van der Waals surface area contributed by atoms with E-state index in [1.54, 1.807) is 35.4 Å². The molecular weight excluding hydrogens is 319 g/mol. The first-order chi connectivity index (χ1) is 9.20. The quantitative estimate of drug-likeness (QED) is 0.483. The molecule has 0 bridgehead atoms. The zero-order valence-corrected chi connectivity index (χ0v) is 12.8. The largest absolute Gasteiger partial charge is 0.244 e. The summed E-state index contributed by atoms with van der Waals surface area (Å²) in [6.07, 6.45) is 1.79. The van der Waals surface area contributed by atoms with Crippen molar-refractivity contribution in [3.8, 4) is 0 Å². The molecule has 0 radical (unpaired) electrons. The zero-order valence-electron chi connectivity index (χ0n) is 9.64. The van der Waals surface area contributed by atoms with E-state index in [0.717, 1.165) is 30.9 Å². The monoisotopic (exact) mass is 326 g/mol. The highest BCUT2D eigenvalue weighted by molar-refractivity contribution is 8.00. The lowest BCUT2D eigenvalue weighted by Gasteiger charge is -1.97. The Labute approximate surface area is 128 Å². The number of rotatable bonds is 3. The molecule has 0 saturated heterocycles. The van der Waals surface area contributed by atoms with E-state index in [0.29, 0.717) is 5.15 Å². The first-order valence-electron chi connectivity index (χ1n) is 5.50. The van der Waals surface area contributed by atoms with Crippen LogP contribution in [0.5, 0.6) is 0 Å². The van der Waals surface area contributed by atoms with E-state index < -0.39 is 0 Å². The molecule has 0 atom stereocenters. The molecule has 0 aliphatic carbocycles. The number of nitrogens with zero attached hydrogens (tertiary/aromatic N) is 2. The summed E-state index contributed by atoms with van der Waals surface area (Å²) >= 11 is 15.1. The minimum atomic E-state index is 0.517. The third-order valence-electron chi connectivity index (χ3n) is 2.48. The maximum Gasteiger partial charge on any atom is 0.151 e. The Hall–Kier alpha value is -0.810. The van der Waals surface area contributed by atoms with Crippen molar-refractivity contribution in [3.05, 3.63) is 52.3 Å². The normalized spacial score (nSPS) is 11.1. The van der Waals surface area contributed by atoms with Gasteiger partial charge < -0.3 is 0 Å². The molecule has 1 aromatic carbocycles. The maximum atomic E-state index is 5.95. The number of benzene rings is 1. The van der Waals surface area contributed by atoms with Gasteiger partial charge in [-0.2, -0.15) is 0 Å². The van der Waals surface area contributed by atoms with Gasteiger partial charge in [-0.1, -0.05) is 41.0 Å². The van der Waals surface area contributed by atoms with Gasteiger partial charge in [-0.3, -0.25) is 0 Å². The van der Waals surface area contributed by atoms with Crippen LogP contribution in [0.15, 0.2) is 40.9 Å². The van der Waals surface area contributed by atoms with Crippen LogP contribution in [0.4, 0.5) is 0 Å². The van der Waals surface area contributed by atoms with Gasteiger partial charge in [0.2, 0.25) is 0 Å². The number of pyridine rings is 1. The molecule has 2 heterocycles. The molecule has 0 aliphatic rings. The molecule has 0 unspecified atom stereocenters. The van der Waals surface area contributed by atoms with Crippen molar-refractivity contribution < 1.29 is 0 Å². The molecule has 0 spiro atoms. The van der Waals surface area contributed by atoms with Crippen molar-refractivity contribution in [2.75, 3.05) is 0 Å². The van der Waals surface area contributed by atoms with Crippen molar-refractivity contribution in [2.24, 2.45) is 0 Å². The van der Waals surface area contributed by atoms with Crippen LogP contribution >= 0.6 is 46.3 Å². The third kappa shape index (κ3) is 3.20. The van der Waals surface area contributed by atoms with Crippen molar-refractivity contribution in [1.29, 1.82) is 0 Å². The highest BCUT2D eigenvalue weighted by Crippen LogP contribution is 2.32. The van der Waals surface area contributed by atoms with Gasteiger partial charge in [-0.15, -0.1) is 11.3 Å². The molecule has 0 amide bonds. The van der Waals surface area contributed by atoms with Gasteiger partial charge in [0.25, 0.3) is 0 Å². The number of hydrogen-bond acceptors (Lipinski definition) is 4. The van der Waals surface area contributed by atoms with Crippen LogP contribution < -0.4 is 0 Å². The molecule has 0 saturated carbocycles. The summed E-state index contributed by atoms with van der Waals surface area (Å²) in [5.41, 5.74) is 2.08. The van der Waals surface area contributed by atoms with Crippen LogP contribution in [0.3, 0.4) is 0 Å². The van der Waals surface area contributed by atoms with Crippen molar-refractivity contribution in [2.45, 2.75) is 10.1 Å². The topological polar surface area (TPSA) is 25.8 Å². The number of fused-ring (bicyclic) bond motifs is 1. The van der Waals surface area contributed by atoms with Crippen molar-refractivity contribution >= 4 is 56.5 Å². The van der Waals surface area contributed by atoms with E-state index >= 15 is 0 Å². The van der Waals surface area contributed by atoms with Crippen molar-refractivity contribution in [1.82, 2.24) is 9.97 Å². The van der Waals surface area contributed by atoms with Gasteiger partial charge in [-0.05, 0) is 29.8 Å². The Morgan fingerprint density at radius 2 is 2.05 bits per heavy atom. The Kier molecular flexibility index (Phi) is 3.93. The fourth-order valence-electron chi connectivity index (χ4n) is 1.58.